The second kappa shape index (κ2) is 9.04. The number of benzene rings is 1. The lowest BCUT2D eigenvalue weighted by molar-refractivity contribution is -0.111. The lowest BCUT2D eigenvalue weighted by Gasteiger charge is -2.22. The summed E-state index contributed by atoms with van der Waals surface area (Å²) < 4.78 is 5.18. The van der Waals surface area contributed by atoms with Crippen molar-refractivity contribution in [2.45, 2.75) is 25.7 Å². The number of rotatable bonds is 5. The Kier molecular flexibility index (Phi) is 6.25. The van der Waals surface area contributed by atoms with Crippen LogP contribution in [0.3, 0.4) is 0 Å². The Labute approximate surface area is 154 Å². The molecule has 0 saturated carbocycles. The number of aromatic nitrogens is 1. The minimum Gasteiger partial charge on any atom is -0.497 e. The fraction of sp³-hybridized carbons (Fsp3) is 0.333. The number of nitrogens with one attached hydrogen (secondary N) is 1. The fourth-order valence-corrected chi connectivity index (χ4v) is 3.06. The van der Waals surface area contributed by atoms with Gasteiger partial charge in [0.15, 0.2) is 0 Å². The lowest BCUT2D eigenvalue weighted by atomic mass is 10.2. The molecule has 1 aromatic carbocycles. The largest absolute Gasteiger partial charge is 0.497 e. The van der Waals surface area contributed by atoms with Crippen LogP contribution in [0.4, 0.5) is 11.5 Å². The first kappa shape index (κ1) is 18.0. The van der Waals surface area contributed by atoms with Crippen molar-refractivity contribution in [2.75, 3.05) is 30.4 Å². The van der Waals surface area contributed by atoms with Crippen molar-refractivity contribution in [1.82, 2.24) is 4.98 Å². The molecule has 1 N–H and O–H groups in total. The molecule has 1 aromatic heterocycles. The predicted molar refractivity (Wildman–Crippen MR) is 106 cm³/mol. The summed E-state index contributed by atoms with van der Waals surface area (Å²) in [5.41, 5.74) is 2.03. The first-order valence-electron chi connectivity index (χ1n) is 9.09. The van der Waals surface area contributed by atoms with E-state index in [9.17, 15) is 4.79 Å². The van der Waals surface area contributed by atoms with Gasteiger partial charge in [-0.3, -0.25) is 4.79 Å². The zero-order valence-corrected chi connectivity index (χ0v) is 15.1. The Hall–Kier alpha value is -2.82. The molecule has 0 aliphatic carbocycles. The van der Waals surface area contributed by atoms with Gasteiger partial charge in [-0.25, -0.2) is 4.98 Å². The summed E-state index contributed by atoms with van der Waals surface area (Å²) in [6, 6.07) is 11.4. The first-order valence-corrected chi connectivity index (χ1v) is 9.09. The van der Waals surface area contributed by atoms with Crippen LogP contribution < -0.4 is 15.0 Å². The van der Waals surface area contributed by atoms with Gasteiger partial charge >= 0.3 is 0 Å². The third kappa shape index (κ3) is 5.09. The molecule has 5 heteroatoms. The minimum absolute atomic E-state index is 0.206. The number of pyridine rings is 1. The van der Waals surface area contributed by atoms with Crippen molar-refractivity contribution in [2.24, 2.45) is 0 Å². The van der Waals surface area contributed by atoms with Gasteiger partial charge in [0.25, 0.3) is 0 Å². The predicted octanol–water partition coefficient (Wildman–Crippen LogP) is 4.12. The molecule has 0 spiro atoms. The van der Waals surface area contributed by atoms with Crippen LogP contribution in [0.5, 0.6) is 5.75 Å². The molecule has 5 nitrogen and oxygen atoms in total. The van der Waals surface area contributed by atoms with Crippen LogP contribution >= 0.6 is 0 Å². The van der Waals surface area contributed by atoms with Crippen LogP contribution in [0.1, 0.15) is 31.2 Å². The van der Waals surface area contributed by atoms with Gasteiger partial charge in [0.1, 0.15) is 11.6 Å². The summed E-state index contributed by atoms with van der Waals surface area (Å²) >= 11 is 0. The van der Waals surface area contributed by atoms with Gasteiger partial charge in [-0.1, -0.05) is 25.0 Å². The van der Waals surface area contributed by atoms with E-state index in [0.29, 0.717) is 5.82 Å². The van der Waals surface area contributed by atoms with E-state index in [4.69, 9.17) is 4.74 Å². The molecule has 2 aromatic rings. The number of anilines is 2. The number of amides is 1. The Morgan fingerprint density at radius 3 is 2.65 bits per heavy atom. The molecule has 1 fully saturated rings. The van der Waals surface area contributed by atoms with E-state index in [1.807, 2.05) is 42.6 Å². The van der Waals surface area contributed by atoms with Crippen LogP contribution in [0.15, 0.2) is 48.7 Å². The van der Waals surface area contributed by atoms with Crippen molar-refractivity contribution in [3.63, 3.8) is 0 Å². The highest BCUT2D eigenvalue weighted by molar-refractivity contribution is 6.01. The average Bonchev–Trinajstić information content (AvgIpc) is 2.97. The van der Waals surface area contributed by atoms with E-state index in [-0.39, 0.29) is 5.91 Å². The third-order valence-corrected chi connectivity index (χ3v) is 4.49. The number of carbonyl (C=O) groups excluding carboxylic acids is 1. The summed E-state index contributed by atoms with van der Waals surface area (Å²) in [7, 11) is 1.62. The molecular weight excluding hydrogens is 326 g/mol. The topological polar surface area (TPSA) is 54.5 Å². The van der Waals surface area contributed by atoms with Crippen LogP contribution in [-0.4, -0.2) is 31.1 Å². The highest BCUT2D eigenvalue weighted by Gasteiger charge is 2.10. The SMILES string of the molecule is COc1cccc(/C=C/C(=O)Nc2ccc(N3CCCCCC3)cn2)c1. The third-order valence-electron chi connectivity index (χ3n) is 4.49. The molecule has 0 unspecified atom stereocenters. The highest BCUT2D eigenvalue weighted by atomic mass is 16.5. The molecular formula is C21H25N3O2. The normalized spacial score (nSPS) is 14.9. The monoisotopic (exact) mass is 351 g/mol. The van der Waals surface area contributed by atoms with Gasteiger partial charge in [-0.2, -0.15) is 0 Å². The van der Waals surface area contributed by atoms with E-state index in [0.717, 1.165) is 30.1 Å². The number of carbonyl (C=O) groups is 1. The van der Waals surface area contributed by atoms with Crippen LogP contribution in [-0.2, 0) is 4.79 Å². The molecule has 0 bridgehead atoms. The fourth-order valence-electron chi connectivity index (χ4n) is 3.06. The lowest BCUT2D eigenvalue weighted by Crippen LogP contribution is -2.24. The maximum atomic E-state index is 12.1. The van der Waals surface area contributed by atoms with E-state index in [2.05, 4.69) is 15.2 Å². The maximum absolute atomic E-state index is 12.1. The summed E-state index contributed by atoms with van der Waals surface area (Å²) in [5, 5.41) is 2.80. The van der Waals surface area contributed by atoms with Gasteiger partial charge in [0.2, 0.25) is 5.91 Å². The van der Waals surface area contributed by atoms with Gasteiger partial charge in [0.05, 0.1) is 19.0 Å². The molecule has 1 aliphatic rings. The van der Waals surface area contributed by atoms with E-state index >= 15 is 0 Å². The summed E-state index contributed by atoms with van der Waals surface area (Å²) in [5.74, 6) is 1.12. The van der Waals surface area contributed by atoms with Gasteiger partial charge in [-0.05, 0) is 48.7 Å². The second-order valence-electron chi connectivity index (χ2n) is 6.40. The molecule has 1 saturated heterocycles. The minimum atomic E-state index is -0.206. The first-order chi connectivity index (χ1) is 12.7. The zero-order chi connectivity index (χ0) is 18.2. The average molecular weight is 351 g/mol. The molecule has 1 aliphatic heterocycles. The Balaban J connectivity index is 1.57. The molecule has 0 radical (unpaired) electrons. The number of nitrogens with zero attached hydrogens (tertiary/aromatic N) is 2. The van der Waals surface area contributed by atoms with E-state index in [1.165, 1.54) is 31.8 Å². The van der Waals surface area contributed by atoms with Gasteiger partial charge < -0.3 is 15.0 Å². The van der Waals surface area contributed by atoms with Gasteiger partial charge in [0, 0.05) is 19.2 Å². The van der Waals surface area contributed by atoms with Crippen molar-refractivity contribution in [3.05, 3.63) is 54.2 Å². The van der Waals surface area contributed by atoms with Crippen LogP contribution in [0, 0.1) is 0 Å². The molecule has 26 heavy (non-hydrogen) atoms. The van der Waals surface area contributed by atoms with Crippen LogP contribution in [0.2, 0.25) is 0 Å². The smallest absolute Gasteiger partial charge is 0.249 e. The molecule has 1 amide bonds. The number of hydrogen-bond donors (Lipinski definition) is 1. The van der Waals surface area contributed by atoms with Gasteiger partial charge in [-0.15, -0.1) is 0 Å². The summed E-state index contributed by atoms with van der Waals surface area (Å²) in [4.78, 5) is 18.8. The van der Waals surface area contributed by atoms with Crippen molar-refractivity contribution in [1.29, 1.82) is 0 Å². The van der Waals surface area contributed by atoms with Crippen molar-refractivity contribution < 1.29 is 9.53 Å². The summed E-state index contributed by atoms with van der Waals surface area (Å²) in [6.07, 6.45) is 10.2. The Bertz CT molecular complexity index is 748. The summed E-state index contributed by atoms with van der Waals surface area (Å²) in [6.45, 7) is 2.16. The molecule has 3 rings (SSSR count). The zero-order valence-electron chi connectivity index (χ0n) is 15.1. The molecule has 2 heterocycles. The Morgan fingerprint density at radius 2 is 1.96 bits per heavy atom. The van der Waals surface area contributed by atoms with E-state index < -0.39 is 0 Å². The Morgan fingerprint density at radius 1 is 1.15 bits per heavy atom. The van der Waals surface area contributed by atoms with Crippen molar-refractivity contribution in [3.8, 4) is 5.75 Å². The van der Waals surface area contributed by atoms with Crippen molar-refractivity contribution >= 4 is 23.5 Å². The maximum Gasteiger partial charge on any atom is 0.249 e. The molecule has 136 valence electrons. The molecule has 0 atom stereocenters. The second-order valence-corrected chi connectivity index (χ2v) is 6.40. The number of hydrogen-bond acceptors (Lipinski definition) is 4. The number of methoxy groups -OCH3 is 1. The van der Waals surface area contributed by atoms with Crippen LogP contribution in [0.25, 0.3) is 6.08 Å². The number of ether oxygens (including phenoxy) is 1. The quantitative estimate of drug-likeness (QED) is 0.823. The van der Waals surface area contributed by atoms with E-state index in [1.54, 1.807) is 13.2 Å². The standard InChI is InChI=1S/C21H25N3O2/c1-26-19-8-6-7-17(15-19)9-12-21(25)23-20-11-10-18(16-22-20)24-13-4-2-3-5-14-24/h6-12,15-16H,2-5,13-14H2,1H3,(H,22,23,25)/b12-9+. The highest BCUT2D eigenvalue weighted by Crippen LogP contribution is 2.20.